The highest BCUT2D eigenvalue weighted by molar-refractivity contribution is 5.95. The molecule has 0 radical (unpaired) electrons. The number of nitrogen functional groups attached to an aromatic ring is 1. The lowest BCUT2D eigenvalue weighted by atomic mass is 10.0. The van der Waals surface area contributed by atoms with E-state index in [9.17, 15) is 9.90 Å². The van der Waals surface area contributed by atoms with Gasteiger partial charge in [-0.05, 0) is 18.1 Å². The Bertz CT molecular complexity index is 361. The average Bonchev–Trinajstić information content (AvgIpc) is 2.13. The zero-order valence-corrected chi connectivity index (χ0v) is 7.95. The largest absolute Gasteiger partial charge is 0.505 e. The number of aromatic hydroxyl groups is 1. The first-order chi connectivity index (χ1) is 6.57. The summed E-state index contributed by atoms with van der Waals surface area (Å²) in [6.45, 7) is 1.97. The number of benzene rings is 1. The molecule has 4 N–H and O–H groups in total. The number of anilines is 1. The van der Waals surface area contributed by atoms with Gasteiger partial charge in [0.25, 0.3) is 0 Å². The highest BCUT2D eigenvalue weighted by Crippen LogP contribution is 2.29. The maximum Gasteiger partial charge on any atom is 0.337 e. The average molecular weight is 195 g/mol. The Balaban J connectivity index is 3.19. The van der Waals surface area contributed by atoms with E-state index in [0.717, 1.165) is 6.42 Å². The summed E-state index contributed by atoms with van der Waals surface area (Å²) in [5.41, 5.74) is 6.07. The quantitative estimate of drug-likeness (QED) is 0.505. The lowest BCUT2D eigenvalue weighted by Crippen LogP contribution is -2.03. The van der Waals surface area contributed by atoms with E-state index in [4.69, 9.17) is 10.8 Å². The summed E-state index contributed by atoms with van der Waals surface area (Å²) in [5.74, 6) is -1.23. The van der Waals surface area contributed by atoms with Gasteiger partial charge in [0.05, 0.1) is 11.3 Å². The van der Waals surface area contributed by atoms with Crippen LogP contribution in [0.5, 0.6) is 5.75 Å². The highest BCUT2D eigenvalue weighted by Gasteiger charge is 2.13. The van der Waals surface area contributed by atoms with Crippen LogP contribution in [0.15, 0.2) is 12.1 Å². The highest BCUT2D eigenvalue weighted by atomic mass is 16.4. The van der Waals surface area contributed by atoms with Gasteiger partial charge in [-0.1, -0.05) is 19.4 Å². The molecule has 1 rings (SSSR count). The van der Waals surface area contributed by atoms with Crippen LogP contribution >= 0.6 is 0 Å². The number of carboxylic acids is 1. The maximum atomic E-state index is 10.7. The predicted molar refractivity (Wildman–Crippen MR) is 53.5 cm³/mol. The minimum Gasteiger partial charge on any atom is -0.505 e. The first kappa shape index (κ1) is 10.4. The Morgan fingerprint density at radius 2 is 2.14 bits per heavy atom. The molecule has 0 heterocycles. The minimum atomic E-state index is -1.12. The zero-order chi connectivity index (χ0) is 10.7. The Hall–Kier alpha value is -1.71. The Kier molecular flexibility index (Phi) is 2.96. The fourth-order valence-electron chi connectivity index (χ4n) is 1.31. The van der Waals surface area contributed by atoms with Crippen LogP contribution in [0, 0.1) is 0 Å². The molecule has 76 valence electrons. The molecule has 0 aliphatic carbocycles. The topological polar surface area (TPSA) is 83.5 Å². The summed E-state index contributed by atoms with van der Waals surface area (Å²) in [7, 11) is 0. The normalized spacial score (nSPS) is 10.1. The third kappa shape index (κ3) is 1.79. The molecule has 14 heavy (non-hydrogen) atoms. The van der Waals surface area contributed by atoms with Gasteiger partial charge in [-0.25, -0.2) is 4.79 Å². The third-order valence-electron chi connectivity index (χ3n) is 2.05. The number of phenols is 1. The molecule has 0 atom stereocenters. The molecule has 4 nitrogen and oxygen atoms in total. The summed E-state index contributed by atoms with van der Waals surface area (Å²) in [4.78, 5) is 10.7. The molecule has 1 aromatic carbocycles. The van der Waals surface area contributed by atoms with Gasteiger partial charge < -0.3 is 15.9 Å². The van der Waals surface area contributed by atoms with Crippen molar-refractivity contribution in [2.45, 2.75) is 19.8 Å². The second kappa shape index (κ2) is 4.00. The first-order valence-electron chi connectivity index (χ1n) is 4.41. The first-order valence-corrected chi connectivity index (χ1v) is 4.41. The Morgan fingerprint density at radius 1 is 1.50 bits per heavy atom. The van der Waals surface area contributed by atoms with Gasteiger partial charge in [-0.15, -0.1) is 0 Å². The molecular formula is C10H13NO3. The second-order valence-electron chi connectivity index (χ2n) is 3.09. The number of nitrogens with two attached hydrogens (primary N) is 1. The molecule has 0 saturated carbocycles. The van der Waals surface area contributed by atoms with Crippen molar-refractivity contribution >= 4 is 11.7 Å². The number of carboxylic acid groups (broad SMARTS) is 1. The summed E-state index contributed by atoms with van der Waals surface area (Å²) in [6, 6.07) is 3.01. The van der Waals surface area contributed by atoms with Crippen LogP contribution in [0.4, 0.5) is 5.69 Å². The molecule has 0 saturated heterocycles. The van der Waals surface area contributed by atoms with Crippen molar-refractivity contribution in [3.8, 4) is 5.75 Å². The van der Waals surface area contributed by atoms with Crippen molar-refractivity contribution in [3.63, 3.8) is 0 Å². The monoisotopic (exact) mass is 195 g/mol. The molecule has 1 aromatic rings. The van der Waals surface area contributed by atoms with Crippen molar-refractivity contribution in [3.05, 3.63) is 23.3 Å². The number of phenolic OH excluding ortho intramolecular Hbond substituents is 1. The number of aryl methyl sites for hydroxylation is 1. The lowest BCUT2D eigenvalue weighted by molar-refractivity contribution is 0.0697. The van der Waals surface area contributed by atoms with Crippen molar-refractivity contribution in [1.29, 1.82) is 0 Å². The minimum absolute atomic E-state index is 0.0524. The summed E-state index contributed by atoms with van der Waals surface area (Å²) < 4.78 is 0. The van der Waals surface area contributed by atoms with Crippen LogP contribution in [0.2, 0.25) is 0 Å². The van der Waals surface area contributed by atoms with Gasteiger partial charge in [0.1, 0.15) is 5.75 Å². The molecule has 0 spiro atoms. The summed E-state index contributed by atoms with van der Waals surface area (Å²) in [5, 5.41) is 18.3. The Morgan fingerprint density at radius 3 is 2.64 bits per heavy atom. The van der Waals surface area contributed by atoms with Crippen LogP contribution in [0.25, 0.3) is 0 Å². The van der Waals surface area contributed by atoms with Gasteiger partial charge in [0, 0.05) is 0 Å². The van der Waals surface area contributed by atoms with Crippen LogP contribution < -0.4 is 5.73 Å². The van der Waals surface area contributed by atoms with E-state index >= 15 is 0 Å². The summed E-state index contributed by atoms with van der Waals surface area (Å²) in [6.07, 6.45) is 1.56. The van der Waals surface area contributed by atoms with Crippen LogP contribution in [-0.4, -0.2) is 16.2 Å². The molecule has 4 heteroatoms. The van der Waals surface area contributed by atoms with Crippen LogP contribution in [0.1, 0.15) is 29.3 Å². The predicted octanol–water partition coefficient (Wildman–Crippen LogP) is 1.63. The van der Waals surface area contributed by atoms with Crippen molar-refractivity contribution < 1.29 is 15.0 Å². The molecular weight excluding hydrogens is 182 g/mol. The smallest absolute Gasteiger partial charge is 0.337 e. The van der Waals surface area contributed by atoms with Crippen LogP contribution in [0.3, 0.4) is 0 Å². The van der Waals surface area contributed by atoms with Crippen molar-refractivity contribution in [2.24, 2.45) is 0 Å². The van der Waals surface area contributed by atoms with Gasteiger partial charge in [0.2, 0.25) is 0 Å². The number of hydrogen-bond donors (Lipinski definition) is 3. The van der Waals surface area contributed by atoms with E-state index in [1.165, 1.54) is 6.07 Å². The van der Waals surface area contributed by atoms with Crippen molar-refractivity contribution in [1.82, 2.24) is 0 Å². The van der Waals surface area contributed by atoms with Crippen molar-refractivity contribution in [2.75, 3.05) is 5.73 Å². The lowest BCUT2D eigenvalue weighted by Gasteiger charge is -2.08. The van der Waals surface area contributed by atoms with E-state index in [1.54, 1.807) is 6.07 Å². The molecule has 0 unspecified atom stereocenters. The Labute approximate surface area is 82.0 Å². The zero-order valence-electron chi connectivity index (χ0n) is 7.95. The molecule has 0 aliphatic heterocycles. The maximum absolute atomic E-state index is 10.7. The second-order valence-corrected chi connectivity index (χ2v) is 3.09. The number of rotatable bonds is 3. The van der Waals surface area contributed by atoms with E-state index < -0.39 is 5.97 Å². The summed E-state index contributed by atoms with van der Waals surface area (Å²) >= 11 is 0. The molecule has 0 aliphatic rings. The van der Waals surface area contributed by atoms with Crippen LogP contribution in [-0.2, 0) is 6.42 Å². The van der Waals surface area contributed by atoms with E-state index in [-0.39, 0.29) is 17.0 Å². The standard InChI is InChI=1S/C10H13NO3/c1-2-3-6-4-5-7(10(13)14)8(11)9(6)12/h4-5,12H,2-3,11H2,1H3,(H,13,14). The van der Waals surface area contributed by atoms with E-state index in [0.29, 0.717) is 12.0 Å². The van der Waals surface area contributed by atoms with Gasteiger partial charge in [-0.3, -0.25) is 0 Å². The fraction of sp³-hybridized carbons (Fsp3) is 0.300. The molecule has 0 fully saturated rings. The fourth-order valence-corrected chi connectivity index (χ4v) is 1.31. The number of aromatic carboxylic acids is 1. The van der Waals surface area contributed by atoms with Gasteiger partial charge in [0.15, 0.2) is 0 Å². The SMILES string of the molecule is CCCc1ccc(C(=O)O)c(N)c1O. The van der Waals surface area contributed by atoms with Gasteiger partial charge >= 0.3 is 5.97 Å². The van der Waals surface area contributed by atoms with E-state index in [2.05, 4.69) is 0 Å². The van der Waals surface area contributed by atoms with Gasteiger partial charge in [-0.2, -0.15) is 0 Å². The van der Waals surface area contributed by atoms with E-state index in [1.807, 2.05) is 6.92 Å². The number of carbonyl (C=O) groups is 1. The molecule has 0 amide bonds. The molecule has 0 aromatic heterocycles. The number of hydrogen-bond acceptors (Lipinski definition) is 3. The third-order valence-corrected chi connectivity index (χ3v) is 2.05. The molecule has 0 bridgehead atoms.